The monoisotopic (exact) mass is 120 g/mol. The Labute approximate surface area is 55.8 Å². The highest BCUT2D eigenvalue weighted by molar-refractivity contribution is 5.11. The molecule has 0 amide bonds. The van der Waals surface area contributed by atoms with Gasteiger partial charge < -0.3 is 0 Å². The number of hydrogen-bond donors (Lipinski definition) is 0. The predicted octanol–water partition coefficient (Wildman–Crippen LogP) is 2.24. The van der Waals surface area contributed by atoms with Crippen molar-refractivity contribution in [3.05, 3.63) is 34.9 Å². The second kappa shape index (κ2) is 6.75. The first kappa shape index (κ1) is 7.75. The third-order valence-corrected chi connectivity index (χ3v) is 0.662. The van der Waals surface area contributed by atoms with Gasteiger partial charge in [-0.15, -0.1) is 5.73 Å². The minimum Gasteiger partial charge on any atom is -0.105 e. The molecule has 0 radical (unpaired) electrons. The molecule has 0 rings (SSSR count). The average molecular weight is 120 g/mol. The first-order chi connectivity index (χ1) is 4.41. The Bertz CT molecular complexity index is 194. The summed E-state index contributed by atoms with van der Waals surface area (Å²) >= 11 is 0. The van der Waals surface area contributed by atoms with Crippen LogP contribution in [0.3, 0.4) is 0 Å². The molecule has 0 atom stereocenters. The predicted molar refractivity (Wildman–Crippen MR) is 40.6 cm³/mol. The first-order valence-electron chi connectivity index (χ1n) is 2.78. The zero-order valence-electron chi connectivity index (χ0n) is 5.76. The number of allylic oxidation sites excluding steroid dienone is 3. The smallest absolute Gasteiger partial charge is 0.105 e. The van der Waals surface area contributed by atoms with Crippen LogP contribution in [0.4, 0.5) is 0 Å². The molecule has 0 saturated heterocycles. The maximum atomic E-state index is 3.62. The van der Waals surface area contributed by atoms with E-state index < -0.39 is 0 Å². The van der Waals surface area contributed by atoms with Gasteiger partial charge >= 0.3 is 6.07 Å². The van der Waals surface area contributed by atoms with Gasteiger partial charge in [0.25, 0.3) is 7.05 Å². The van der Waals surface area contributed by atoms with E-state index in [9.17, 15) is 0 Å². The average Bonchev–Trinajstić information content (AvgIpc) is 1.89. The lowest BCUT2D eigenvalue weighted by Crippen LogP contribution is -1.43. The Morgan fingerprint density at radius 3 is 2.78 bits per heavy atom. The molecule has 1 nitrogen and oxygen atoms in total. The largest absolute Gasteiger partial charge is 0.311 e. The molecule has 46 valence electrons. The van der Waals surface area contributed by atoms with E-state index in [1.54, 1.807) is 19.2 Å². The molecule has 0 N–H and O–H groups in total. The second-order valence-corrected chi connectivity index (χ2v) is 1.36. The summed E-state index contributed by atoms with van der Waals surface area (Å²) in [6.45, 7) is 1.95. The molecule has 0 aromatic carbocycles. The van der Waals surface area contributed by atoms with Crippen molar-refractivity contribution in [3.63, 3.8) is 0 Å². The highest BCUT2D eigenvalue weighted by atomic mass is 14.6. The summed E-state index contributed by atoms with van der Waals surface area (Å²) < 4.78 is 0. The zero-order valence-corrected chi connectivity index (χ0v) is 5.76. The molecule has 0 unspecified atom stereocenters. The Kier molecular flexibility index (Phi) is 5.81. The van der Waals surface area contributed by atoms with Crippen LogP contribution in [-0.4, -0.2) is 7.05 Å². The van der Waals surface area contributed by atoms with E-state index in [-0.39, 0.29) is 0 Å². The fraction of sp³-hybridized carbons (Fsp3) is 0.250. The fourth-order valence-corrected chi connectivity index (χ4v) is 0.302. The standard InChI is InChI=1S/C8H10N/c1-3-4-5-6-7-8-9-2/h3-5,7H,1-2H3/q+1/b4-3-. The van der Waals surface area contributed by atoms with E-state index in [2.05, 4.69) is 16.6 Å². The molecule has 0 aliphatic heterocycles. The molecule has 0 aliphatic carbocycles. The lowest BCUT2D eigenvalue weighted by atomic mass is 10.5. The summed E-state index contributed by atoms with van der Waals surface area (Å²) in [5.74, 6) is 0. The Balaban J connectivity index is 3.77. The van der Waals surface area contributed by atoms with Crippen LogP contribution in [0.25, 0.3) is 4.85 Å². The van der Waals surface area contributed by atoms with Crippen LogP contribution in [0.2, 0.25) is 0 Å². The third kappa shape index (κ3) is 6.75. The maximum absolute atomic E-state index is 3.62. The van der Waals surface area contributed by atoms with Crippen molar-refractivity contribution >= 4 is 0 Å². The van der Waals surface area contributed by atoms with Gasteiger partial charge in [-0.1, -0.05) is 17.0 Å². The van der Waals surface area contributed by atoms with Crippen LogP contribution < -0.4 is 0 Å². The Morgan fingerprint density at radius 2 is 2.22 bits per heavy atom. The van der Waals surface area contributed by atoms with Crippen molar-refractivity contribution in [2.45, 2.75) is 6.92 Å². The van der Waals surface area contributed by atoms with E-state index in [1.165, 1.54) is 0 Å². The van der Waals surface area contributed by atoms with Gasteiger partial charge in [-0.05, 0) is 13.0 Å². The van der Waals surface area contributed by atoms with Crippen molar-refractivity contribution in [1.82, 2.24) is 0 Å². The first-order valence-corrected chi connectivity index (χ1v) is 2.78. The highest BCUT2D eigenvalue weighted by Crippen LogP contribution is 1.71. The lowest BCUT2D eigenvalue weighted by molar-refractivity contribution is 1.74. The van der Waals surface area contributed by atoms with Crippen molar-refractivity contribution in [2.75, 3.05) is 7.05 Å². The van der Waals surface area contributed by atoms with Gasteiger partial charge in [0, 0.05) is 0 Å². The minimum atomic E-state index is 1.64. The van der Waals surface area contributed by atoms with Crippen molar-refractivity contribution in [2.24, 2.45) is 0 Å². The number of nitrogens with zero attached hydrogens (tertiary/aromatic N) is 1. The van der Waals surface area contributed by atoms with Gasteiger partial charge in [0.15, 0.2) is 0 Å². The van der Waals surface area contributed by atoms with Crippen LogP contribution in [0.5, 0.6) is 0 Å². The third-order valence-electron chi connectivity index (χ3n) is 0.662. The molecule has 0 saturated carbocycles. The van der Waals surface area contributed by atoms with E-state index in [0.717, 1.165) is 0 Å². The van der Waals surface area contributed by atoms with E-state index >= 15 is 0 Å². The molecule has 0 aliphatic rings. The van der Waals surface area contributed by atoms with E-state index in [0.29, 0.717) is 0 Å². The van der Waals surface area contributed by atoms with Crippen molar-refractivity contribution in [1.29, 1.82) is 0 Å². The molecule has 9 heavy (non-hydrogen) atoms. The zero-order chi connectivity index (χ0) is 6.95. The summed E-state index contributed by atoms with van der Waals surface area (Å²) in [4.78, 5) is 3.62. The van der Waals surface area contributed by atoms with Crippen LogP contribution in [0, 0.1) is 6.07 Å². The molecule has 1 heteroatoms. The minimum absolute atomic E-state index is 1.64. The van der Waals surface area contributed by atoms with Gasteiger partial charge in [0.1, 0.15) is 6.08 Å². The summed E-state index contributed by atoms with van der Waals surface area (Å²) in [6, 6.07) is 2.63. The van der Waals surface area contributed by atoms with Gasteiger partial charge in [0.05, 0.1) is 0 Å². The van der Waals surface area contributed by atoms with Crippen LogP contribution in [-0.2, 0) is 0 Å². The Hall–Kier alpha value is -1.25. The van der Waals surface area contributed by atoms with Crippen LogP contribution in [0.15, 0.2) is 30.0 Å². The van der Waals surface area contributed by atoms with E-state index in [1.807, 2.05) is 19.1 Å². The van der Waals surface area contributed by atoms with Crippen molar-refractivity contribution in [3.8, 4) is 6.07 Å². The molecule has 0 fully saturated rings. The number of rotatable bonds is 1. The molecule has 0 bridgehead atoms. The molecular weight excluding hydrogens is 110 g/mol. The fourth-order valence-electron chi connectivity index (χ4n) is 0.302. The lowest BCUT2D eigenvalue weighted by Gasteiger charge is -1.58. The van der Waals surface area contributed by atoms with Gasteiger partial charge in [-0.3, -0.25) is 0 Å². The molecule has 0 spiro atoms. The van der Waals surface area contributed by atoms with Gasteiger partial charge in [-0.25, -0.2) is 0 Å². The van der Waals surface area contributed by atoms with Crippen molar-refractivity contribution < 1.29 is 0 Å². The quantitative estimate of drug-likeness (QED) is 0.284. The normalized spacial score (nSPS) is 7.33. The van der Waals surface area contributed by atoms with Gasteiger partial charge in [-0.2, -0.15) is 0 Å². The molecular formula is C8H10N+. The topological polar surface area (TPSA) is 4.36 Å². The Morgan fingerprint density at radius 1 is 1.44 bits per heavy atom. The second-order valence-electron chi connectivity index (χ2n) is 1.36. The molecule has 0 aromatic rings. The summed E-state index contributed by atoms with van der Waals surface area (Å²) in [5, 5.41) is 0. The molecule has 0 aromatic heterocycles. The summed E-state index contributed by atoms with van der Waals surface area (Å²) in [7, 11) is 1.67. The highest BCUT2D eigenvalue weighted by Gasteiger charge is 1.62. The van der Waals surface area contributed by atoms with Crippen LogP contribution >= 0.6 is 0 Å². The maximum Gasteiger partial charge on any atom is 0.311 e. The summed E-state index contributed by atoms with van der Waals surface area (Å²) in [5.41, 5.74) is 2.85. The summed E-state index contributed by atoms with van der Waals surface area (Å²) in [6.07, 6.45) is 7.27. The van der Waals surface area contributed by atoms with Crippen LogP contribution in [0.1, 0.15) is 6.92 Å². The van der Waals surface area contributed by atoms with Gasteiger partial charge in [0.2, 0.25) is 0 Å². The SMILES string of the molecule is C/C=C\C=C=CC#[N+]C. The molecule has 0 heterocycles. The van der Waals surface area contributed by atoms with E-state index in [4.69, 9.17) is 0 Å². The number of hydrogen-bond acceptors (Lipinski definition) is 0.